The molecule has 1 aromatic carbocycles. The Morgan fingerprint density at radius 2 is 1.92 bits per heavy atom. The van der Waals surface area contributed by atoms with Crippen LogP contribution in [0.3, 0.4) is 0 Å². The molecule has 0 spiro atoms. The molecule has 25 heavy (non-hydrogen) atoms. The third kappa shape index (κ3) is 7.07. The number of carbonyl (C=O) groups is 1. The first kappa shape index (κ1) is 18.5. The molecule has 1 aromatic heterocycles. The van der Waals surface area contributed by atoms with E-state index in [1.54, 1.807) is 18.3 Å². The van der Waals surface area contributed by atoms with Crippen LogP contribution in [0.5, 0.6) is 0 Å². The van der Waals surface area contributed by atoms with Crippen molar-refractivity contribution in [1.82, 2.24) is 25.7 Å². The predicted molar refractivity (Wildman–Crippen MR) is 99.6 cm³/mol. The van der Waals surface area contributed by atoms with Gasteiger partial charge in [-0.05, 0) is 31.5 Å². The van der Waals surface area contributed by atoms with E-state index < -0.39 is 0 Å². The summed E-state index contributed by atoms with van der Waals surface area (Å²) >= 11 is 0. The number of aryl methyl sites for hydroxylation is 1. The van der Waals surface area contributed by atoms with Crippen LogP contribution < -0.4 is 16.0 Å². The fraction of sp³-hybridized carbons (Fsp3) is 0.389. The van der Waals surface area contributed by atoms with Crippen molar-refractivity contribution in [1.29, 1.82) is 0 Å². The number of rotatable bonds is 9. The van der Waals surface area contributed by atoms with Gasteiger partial charge in [-0.2, -0.15) is 5.10 Å². The van der Waals surface area contributed by atoms with Crippen LogP contribution in [0.2, 0.25) is 0 Å². The molecule has 2 rings (SSSR count). The smallest absolute Gasteiger partial charge is 0.251 e. The molecule has 0 unspecified atom stereocenters. The molecular weight excluding hydrogens is 316 g/mol. The normalized spacial score (nSPS) is 11.2. The third-order valence-electron chi connectivity index (χ3n) is 3.46. The maximum atomic E-state index is 11.9. The molecule has 0 saturated heterocycles. The van der Waals surface area contributed by atoms with Crippen molar-refractivity contribution in [2.24, 2.45) is 4.99 Å². The summed E-state index contributed by atoms with van der Waals surface area (Å²) in [6.45, 7) is 5.53. The molecule has 1 heterocycles. The predicted octanol–water partition coefficient (Wildman–Crippen LogP) is 1.26. The van der Waals surface area contributed by atoms with Crippen molar-refractivity contribution in [2.45, 2.75) is 19.9 Å². The summed E-state index contributed by atoms with van der Waals surface area (Å²) in [5, 5.41) is 13.5. The van der Waals surface area contributed by atoms with Crippen molar-refractivity contribution >= 4 is 11.9 Å². The molecule has 2 aromatic rings. The molecule has 0 bridgehead atoms. The molecule has 134 valence electrons. The highest BCUT2D eigenvalue weighted by atomic mass is 16.1. The number of nitrogens with zero attached hydrogens (tertiary/aromatic N) is 3. The van der Waals surface area contributed by atoms with Crippen LogP contribution in [0.1, 0.15) is 23.7 Å². The molecule has 7 nitrogen and oxygen atoms in total. The molecule has 0 saturated carbocycles. The lowest BCUT2D eigenvalue weighted by Crippen LogP contribution is -2.41. The summed E-state index contributed by atoms with van der Waals surface area (Å²) in [5.74, 6) is 0.695. The fourth-order valence-electron chi connectivity index (χ4n) is 2.25. The lowest BCUT2D eigenvalue weighted by atomic mass is 10.2. The molecule has 3 N–H and O–H groups in total. The van der Waals surface area contributed by atoms with Gasteiger partial charge in [-0.1, -0.05) is 18.2 Å². The Morgan fingerprint density at radius 1 is 1.12 bits per heavy atom. The van der Waals surface area contributed by atoms with Crippen molar-refractivity contribution < 1.29 is 4.79 Å². The third-order valence-corrected chi connectivity index (χ3v) is 3.46. The molecule has 0 aliphatic rings. The lowest BCUT2D eigenvalue weighted by molar-refractivity contribution is 0.0954. The zero-order valence-electron chi connectivity index (χ0n) is 14.6. The zero-order chi connectivity index (χ0) is 17.7. The van der Waals surface area contributed by atoms with Gasteiger partial charge in [0.2, 0.25) is 0 Å². The summed E-state index contributed by atoms with van der Waals surface area (Å²) in [7, 11) is 0. The largest absolute Gasteiger partial charge is 0.357 e. The Morgan fingerprint density at radius 3 is 2.64 bits per heavy atom. The highest BCUT2D eigenvalue weighted by Gasteiger charge is 2.03. The molecular formula is C18H26N6O. The summed E-state index contributed by atoms with van der Waals surface area (Å²) in [4.78, 5) is 16.5. The van der Waals surface area contributed by atoms with Gasteiger partial charge in [0.25, 0.3) is 5.91 Å². The van der Waals surface area contributed by atoms with Gasteiger partial charge in [0.05, 0.1) is 0 Å². The highest BCUT2D eigenvalue weighted by molar-refractivity contribution is 5.94. The van der Waals surface area contributed by atoms with Gasteiger partial charge in [-0.15, -0.1) is 0 Å². The number of benzene rings is 1. The number of hydrogen-bond acceptors (Lipinski definition) is 3. The molecule has 0 fully saturated rings. The first-order valence-corrected chi connectivity index (χ1v) is 8.62. The Balaban J connectivity index is 1.66. The second kappa shape index (κ2) is 10.9. The topological polar surface area (TPSA) is 83.3 Å². The van der Waals surface area contributed by atoms with E-state index in [2.05, 4.69) is 26.0 Å². The minimum atomic E-state index is -0.0661. The van der Waals surface area contributed by atoms with E-state index in [-0.39, 0.29) is 5.91 Å². The van der Waals surface area contributed by atoms with Crippen LogP contribution in [0.25, 0.3) is 0 Å². The second-order valence-corrected chi connectivity index (χ2v) is 5.43. The average Bonchev–Trinajstić information content (AvgIpc) is 3.16. The first-order chi connectivity index (χ1) is 12.3. The number of aliphatic imine (C=N–C) groups is 1. The van der Waals surface area contributed by atoms with Crippen molar-refractivity contribution in [3.63, 3.8) is 0 Å². The monoisotopic (exact) mass is 342 g/mol. The number of carbonyl (C=O) groups excluding carboxylic acids is 1. The maximum absolute atomic E-state index is 11.9. The van der Waals surface area contributed by atoms with E-state index in [0.717, 1.165) is 25.5 Å². The standard InChI is InChI=1S/C18H26N6O/c1-2-19-18(21-10-6-14-24-15-7-11-23-24)22-13-12-20-17(25)16-8-4-3-5-9-16/h3-5,7-9,11,15H,2,6,10,12-14H2,1H3,(H,20,25)(H2,19,21,22). The van der Waals surface area contributed by atoms with Crippen molar-refractivity contribution in [3.05, 3.63) is 54.4 Å². The number of nitrogens with one attached hydrogen (secondary N) is 3. The summed E-state index contributed by atoms with van der Waals surface area (Å²) in [5.41, 5.74) is 0.668. The van der Waals surface area contributed by atoms with Gasteiger partial charge >= 0.3 is 0 Å². The van der Waals surface area contributed by atoms with Gasteiger partial charge < -0.3 is 16.0 Å². The first-order valence-electron chi connectivity index (χ1n) is 8.62. The number of aromatic nitrogens is 2. The van der Waals surface area contributed by atoms with E-state index in [4.69, 9.17) is 0 Å². The molecule has 0 aliphatic carbocycles. The van der Waals surface area contributed by atoms with Crippen LogP contribution in [0.15, 0.2) is 53.8 Å². The fourth-order valence-corrected chi connectivity index (χ4v) is 2.25. The molecule has 1 amide bonds. The molecule has 0 radical (unpaired) electrons. The Bertz CT molecular complexity index is 639. The van der Waals surface area contributed by atoms with Gasteiger partial charge in [0.1, 0.15) is 0 Å². The van der Waals surface area contributed by atoms with E-state index in [1.165, 1.54) is 0 Å². The summed E-state index contributed by atoms with van der Waals surface area (Å²) < 4.78 is 1.90. The van der Waals surface area contributed by atoms with Crippen LogP contribution in [-0.4, -0.2) is 47.8 Å². The number of amides is 1. The molecule has 0 atom stereocenters. The number of hydrogen-bond donors (Lipinski definition) is 3. The number of guanidine groups is 1. The van der Waals surface area contributed by atoms with E-state index in [9.17, 15) is 4.79 Å². The SMILES string of the molecule is CCNC(=NCCCn1cccn1)NCCNC(=O)c1ccccc1. The van der Waals surface area contributed by atoms with E-state index >= 15 is 0 Å². The van der Waals surface area contributed by atoms with Crippen molar-refractivity contribution in [3.8, 4) is 0 Å². The van der Waals surface area contributed by atoms with Gasteiger partial charge in [0.15, 0.2) is 5.96 Å². The Kier molecular flexibility index (Phi) is 8.03. The van der Waals surface area contributed by atoms with Crippen LogP contribution in [0, 0.1) is 0 Å². The van der Waals surface area contributed by atoms with Crippen LogP contribution >= 0.6 is 0 Å². The minimum Gasteiger partial charge on any atom is -0.357 e. The Hall–Kier alpha value is -2.83. The lowest BCUT2D eigenvalue weighted by Gasteiger charge is -2.12. The highest BCUT2D eigenvalue weighted by Crippen LogP contribution is 1.97. The molecule has 0 aliphatic heterocycles. The zero-order valence-corrected chi connectivity index (χ0v) is 14.6. The molecule has 7 heteroatoms. The maximum Gasteiger partial charge on any atom is 0.251 e. The van der Waals surface area contributed by atoms with Gasteiger partial charge in [-0.3, -0.25) is 14.5 Å². The van der Waals surface area contributed by atoms with E-state index in [0.29, 0.717) is 25.2 Å². The van der Waals surface area contributed by atoms with Crippen LogP contribution in [0.4, 0.5) is 0 Å². The van der Waals surface area contributed by atoms with Gasteiger partial charge in [0, 0.05) is 50.7 Å². The van der Waals surface area contributed by atoms with Crippen molar-refractivity contribution in [2.75, 3.05) is 26.2 Å². The van der Waals surface area contributed by atoms with Crippen LogP contribution in [-0.2, 0) is 6.54 Å². The Labute approximate surface area is 148 Å². The average molecular weight is 342 g/mol. The second-order valence-electron chi connectivity index (χ2n) is 5.43. The minimum absolute atomic E-state index is 0.0661. The summed E-state index contributed by atoms with van der Waals surface area (Å²) in [6.07, 6.45) is 4.64. The van der Waals surface area contributed by atoms with Gasteiger partial charge in [-0.25, -0.2) is 0 Å². The quantitative estimate of drug-likeness (QED) is 0.364. The van der Waals surface area contributed by atoms with E-state index in [1.807, 2.05) is 42.1 Å². The summed E-state index contributed by atoms with van der Waals surface area (Å²) in [6, 6.07) is 11.1.